The molecule has 0 spiro atoms. The fourth-order valence-electron chi connectivity index (χ4n) is 3.73. The largest absolute Gasteiger partial charge is 0.413 e. The molecule has 0 aromatic heterocycles. The van der Waals surface area contributed by atoms with E-state index >= 15 is 0 Å². The van der Waals surface area contributed by atoms with Gasteiger partial charge in [-0.05, 0) is 36.8 Å². The Kier molecular flexibility index (Phi) is 5.68. The first kappa shape index (κ1) is 17.2. The molecule has 0 aromatic rings. The average Bonchev–Trinajstić information content (AvgIpc) is 2.35. The first-order valence-electron chi connectivity index (χ1n) is 8.05. The zero-order chi connectivity index (χ0) is 14.7. The van der Waals surface area contributed by atoms with E-state index in [2.05, 4.69) is 41.5 Å². The molecule has 0 amide bonds. The van der Waals surface area contributed by atoms with E-state index < -0.39 is 13.5 Å². The Morgan fingerprint density at radius 2 is 1.84 bits per heavy atom. The summed E-state index contributed by atoms with van der Waals surface area (Å²) in [6.07, 6.45) is 5.89. The lowest BCUT2D eigenvalue weighted by Gasteiger charge is -2.55. The third-order valence-electron chi connectivity index (χ3n) is 5.25. The molecule has 19 heavy (non-hydrogen) atoms. The van der Waals surface area contributed by atoms with Crippen LogP contribution in [-0.2, 0) is 4.43 Å². The zero-order valence-corrected chi connectivity index (χ0v) is 14.9. The van der Waals surface area contributed by atoms with Crippen LogP contribution < -0.4 is 0 Å². The van der Waals surface area contributed by atoms with Crippen LogP contribution in [0.4, 0.5) is 0 Å². The van der Waals surface area contributed by atoms with Gasteiger partial charge in [-0.25, -0.2) is 0 Å². The highest BCUT2D eigenvalue weighted by molar-refractivity contribution is 6.79. The third kappa shape index (κ3) is 3.25. The zero-order valence-electron chi connectivity index (χ0n) is 13.9. The van der Waals surface area contributed by atoms with Crippen LogP contribution in [0.1, 0.15) is 73.6 Å². The van der Waals surface area contributed by atoms with Gasteiger partial charge in [-0.15, -0.1) is 0 Å². The van der Waals surface area contributed by atoms with Crippen molar-refractivity contribution in [2.45, 2.75) is 90.0 Å². The van der Waals surface area contributed by atoms with Gasteiger partial charge in [-0.2, -0.15) is 0 Å². The summed E-state index contributed by atoms with van der Waals surface area (Å²) in [5, 5.41) is 10.8. The molecular weight excluding hydrogens is 252 g/mol. The van der Waals surface area contributed by atoms with Crippen molar-refractivity contribution in [3.8, 4) is 0 Å². The van der Waals surface area contributed by atoms with Crippen LogP contribution in [0.15, 0.2) is 0 Å². The summed E-state index contributed by atoms with van der Waals surface area (Å²) >= 11 is 0. The van der Waals surface area contributed by atoms with E-state index in [1.807, 2.05) is 0 Å². The van der Waals surface area contributed by atoms with Gasteiger partial charge in [0.25, 0.3) is 0 Å². The van der Waals surface area contributed by atoms with Crippen LogP contribution in [0.5, 0.6) is 0 Å². The molecule has 114 valence electrons. The molecule has 1 aliphatic heterocycles. The minimum atomic E-state index is -2.17. The number of unbranched alkanes of at least 4 members (excludes halogenated alkanes) is 1. The van der Waals surface area contributed by atoms with E-state index in [1.165, 1.54) is 19.3 Å². The monoisotopic (exact) mass is 286 g/mol. The predicted octanol–water partition coefficient (Wildman–Crippen LogP) is 4.66. The first-order valence-corrected chi connectivity index (χ1v) is 10.2. The number of aliphatic hydroxyl groups is 1. The molecule has 0 saturated carbocycles. The predicted molar refractivity (Wildman–Crippen MR) is 84.8 cm³/mol. The smallest absolute Gasteiger partial charge is 0.229 e. The highest BCUT2D eigenvalue weighted by Gasteiger charge is 2.60. The molecule has 1 heterocycles. The second-order valence-electron chi connectivity index (χ2n) is 7.57. The van der Waals surface area contributed by atoms with Crippen molar-refractivity contribution in [3.05, 3.63) is 0 Å². The topological polar surface area (TPSA) is 29.5 Å². The van der Waals surface area contributed by atoms with E-state index in [0.717, 1.165) is 25.5 Å². The maximum absolute atomic E-state index is 11.4. The molecule has 1 saturated heterocycles. The summed E-state index contributed by atoms with van der Waals surface area (Å²) in [5.74, 6) is 0.330. The standard InChI is InChI=1S/C16H34O2Si/c1-7-8-11-14(2)16(6,17)19(15(3,4)5)13-10-9-12-18-19/h14,17H,7-13H2,1-6H3. The molecule has 2 nitrogen and oxygen atoms in total. The molecule has 1 fully saturated rings. The van der Waals surface area contributed by atoms with Gasteiger partial charge in [-0.1, -0.05) is 53.9 Å². The fraction of sp³-hybridized carbons (Fsp3) is 1.00. The van der Waals surface area contributed by atoms with Crippen LogP contribution in [0.2, 0.25) is 11.1 Å². The van der Waals surface area contributed by atoms with Gasteiger partial charge in [0.05, 0.1) is 5.22 Å². The Bertz CT molecular complexity index is 275. The first-order chi connectivity index (χ1) is 8.69. The fourth-order valence-corrected chi connectivity index (χ4v) is 9.56. The summed E-state index contributed by atoms with van der Waals surface area (Å²) < 4.78 is 6.38. The van der Waals surface area contributed by atoms with Crippen molar-refractivity contribution < 1.29 is 9.53 Å². The lowest BCUT2D eigenvalue weighted by molar-refractivity contribution is 0.0326. The lowest BCUT2D eigenvalue weighted by Crippen LogP contribution is -2.68. The van der Waals surface area contributed by atoms with E-state index in [-0.39, 0.29) is 5.04 Å². The molecule has 0 radical (unpaired) electrons. The Morgan fingerprint density at radius 1 is 1.21 bits per heavy atom. The molecule has 3 atom stereocenters. The summed E-state index contributed by atoms with van der Waals surface area (Å²) in [6, 6.07) is 1.11. The van der Waals surface area contributed by atoms with Crippen LogP contribution in [-0.4, -0.2) is 25.3 Å². The second kappa shape index (κ2) is 6.27. The summed E-state index contributed by atoms with van der Waals surface area (Å²) in [6.45, 7) is 14.2. The summed E-state index contributed by atoms with van der Waals surface area (Å²) in [5.41, 5.74) is 0. The summed E-state index contributed by atoms with van der Waals surface area (Å²) in [7, 11) is -2.17. The minimum Gasteiger partial charge on any atom is -0.413 e. The van der Waals surface area contributed by atoms with Gasteiger partial charge < -0.3 is 9.53 Å². The van der Waals surface area contributed by atoms with Crippen molar-refractivity contribution in [1.29, 1.82) is 0 Å². The minimum absolute atomic E-state index is 0.0946. The van der Waals surface area contributed by atoms with Crippen LogP contribution in [0, 0.1) is 5.92 Å². The normalized spacial score (nSPS) is 29.8. The Balaban J connectivity index is 3.02. The van der Waals surface area contributed by atoms with Crippen molar-refractivity contribution in [2.24, 2.45) is 5.92 Å². The molecule has 0 aliphatic carbocycles. The van der Waals surface area contributed by atoms with Gasteiger partial charge in [0.1, 0.15) is 0 Å². The Labute approximate surface area is 121 Å². The van der Waals surface area contributed by atoms with E-state index in [4.69, 9.17) is 4.43 Å². The van der Waals surface area contributed by atoms with E-state index in [9.17, 15) is 5.11 Å². The molecule has 0 bridgehead atoms. The van der Waals surface area contributed by atoms with Crippen LogP contribution >= 0.6 is 0 Å². The van der Waals surface area contributed by atoms with Crippen molar-refractivity contribution in [3.63, 3.8) is 0 Å². The number of hydrogen-bond acceptors (Lipinski definition) is 2. The van der Waals surface area contributed by atoms with Crippen LogP contribution in [0.3, 0.4) is 0 Å². The maximum atomic E-state index is 11.4. The van der Waals surface area contributed by atoms with Gasteiger partial charge in [-0.3, -0.25) is 0 Å². The SMILES string of the molecule is CCCCC(C)C(C)(O)[Si]1(C(C)(C)C)CCCCO1. The van der Waals surface area contributed by atoms with Crippen molar-refractivity contribution in [2.75, 3.05) is 6.61 Å². The van der Waals surface area contributed by atoms with Crippen LogP contribution in [0.25, 0.3) is 0 Å². The van der Waals surface area contributed by atoms with E-state index in [0.29, 0.717) is 5.92 Å². The third-order valence-corrected chi connectivity index (χ3v) is 11.6. The highest BCUT2D eigenvalue weighted by Crippen LogP contribution is 2.51. The molecule has 1 rings (SSSR count). The Hall–Kier alpha value is 0.137. The second-order valence-corrected chi connectivity index (χ2v) is 12.5. The van der Waals surface area contributed by atoms with Crippen molar-refractivity contribution in [1.82, 2.24) is 0 Å². The number of rotatable bonds is 5. The van der Waals surface area contributed by atoms with Gasteiger partial charge >= 0.3 is 0 Å². The average molecular weight is 287 g/mol. The molecule has 3 unspecified atom stereocenters. The van der Waals surface area contributed by atoms with Gasteiger partial charge in [0, 0.05) is 6.61 Å². The summed E-state index contributed by atoms with van der Waals surface area (Å²) in [4.78, 5) is 0. The Morgan fingerprint density at radius 3 is 2.26 bits per heavy atom. The quantitative estimate of drug-likeness (QED) is 0.745. The lowest BCUT2D eigenvalue weighted by atomic mass is 9.98. The maximum Gasteiger partial charge on any atom is 0.229 e. The van der Waals surface area contributed by atoms with E-state index in [1.54, 1.807) is 0 Å². The molecule has 0 aromatic carbocycles. The van der Waals surface area contributed by atoms with Crippen molar-refractivity contribution >= 4 is 8.32 Å². The molecule has 1 aliphatic rings. The highest BCUT2D eigenvalue weighted by atomic mass is 28.4. The van der Waals surface area contributed by atoms with Gasteiger partial charge in [0.2, 0.25) is 8.32 Å². The molecule has 1 N–H and O–H groups in total. The molecular formula is C16H34O2Si. The number of hydrogen-bond donors (Lipinski definition) is 1. The molecule has 3 heteroatoms. The van der Waals surface area contributed by atoms with Gasteiger partial charge in [0.15, 0.2) is 0 Å².